The van der Waals surface area contributed by atoms with Crippen molar-refractivity contribution in [3.63, 3.8) is 0 Å². The SMILES string of the molecule is O=C(c1ccnc(F)c1)N(CCO)CC(F)F. The second-order valence-electron chi connectivity index (χ2n) is 3.23. The number of halogens is 3. The van der Waals surface area contributed by atoms with E-state index in [1.165, 1.54) is 6.07 Å². The minimum atomic E-state index is -2.71. The van der Waals surface area contributed by atoms with Gasteiger partial charge in [-0.15, -0.1) is 0 Å². The minimum Gasteiger partial charge on any atom is -0.395 e. The van der Waals surface area contributed by atoms with Crippen LogP contribution in [0.15, 0.2) is 18.3 Å². The Morgan fingerprint density at radius 3 is 2.76 bits per heavy atom. The van der Waals surface area contributed by atoms with Gasteiger partial charge in [-0.25, -0.2) is 13.8 Å². The van der Waals surface area contributed by atoms with Crippen LogP contribution in [0.25, 0.3) is 0 Å². The maximum absolute atomic E-state index is 12.8. The number of aliphatic hydroxyl groups is 1. The summed E-state index contributed by atoms with van der Waals surface area (Å²) in [6.45, 7) is -1.47. The molecular weight excluding hydrogens is 237 g/mol. The van der Waals surface area contributed by atoms with Gasteiger partial charge in [0.1, 0.15) is 0 Å². The van der Waals surface area contributed by atoms with Gasteiger partial charge < -0.3 is 10.0 Å². The van der Waals surface area contributed by atoms with E-state index < -0.39 is 31.4 Å². The molecule has 1 aromatic heterocycles. The molecule has 1 amide bonds. The molecular formula is C10H11F3N2O2. The predicted molar refractivity (Wildman–Crippen MR) is 53.2 cm³/mol. The van der Waals surface area contributed by atoms with Gasteiger partial charge in [0.15, 0.2) is 0 Å². The van der Waals surface area contributed by atoms with Crippen LogP contribution in [0.3, 0.4) is 0 Å². The van der Waals surface area contributed by atoms with Crippen LogP contribution in [0, 0.1) is 5.95 Å². The predicted octanol–water partition coefficient (Wildman–Crippen LogP) is 0.920. The lowest BCUT2D eigenvalue weighted by atomic mass is 10.2. The lowest BCUT2D eigenvalue weighted by molar-refractivity contribution is 0.0508. The van der Waals surface area contributed by atoms with Crippen molar-refractivity contribution in [1.29, 1.82) is 0 Å². The smallest absolute Gasteiger partial charge is 0.255 e. The van der Waals surface area contributed by atoms with Crippen molar-refractivity contribution in [3.05, 3.63) is 29.8 Å². The molecule has 7 heteroatoms. The van der Waals surface area contributed by atoms with Gasteiger partial charge in [0.2, 0.25) is 5.95 Å². The van der Waals surface area contributed by atoms with Gasteiger partial charge in [-0.2, -0.15) is 4.39 Å². The molecule has 0 fully saturated rings. The van der Waals surface area contributed by atoms with Gasteiger partial charge in [0, 0.05) is 24.4 Å². The second-order valence-corrected chi connectivity index (χ2v) is 3.23. The number of pyridine rings is 1. The summed E-state index contributed by atoms with van der Waals surface area (Å²) in [7, 11) is 0. The summed E-state index contributed by atoms with van der Waals surface area (Å²) in [6.07, 6.45) is -1.64. The van der Waals surface area contributed by atoms with E-state index >= 15 is 0 Å². The van der Waals surface area contributed by atoms with Crippen LogP contribution in [0.2, 0.25) is 0 Å². The molecule has 1 N–H and O–H groups in total. The van der Waals surface area contributed by atoms with Crippen molar-refractivity contribution in [2.75, 3.05) is 19.7 Å². The largest absolute Gasteiger partial charge is 0.395 e. The van der Waals surface area contributed by atoms with Gasteiger partial charge in [0.05, 0.1) is 13.2 Å². The first-order valence-corrected chi connectivity index (χ1v) is 4.84. The third-order valence-corrected chi connectivity index (χ3v) is 1.99. The van der Waals surface area contributed by atoms with E-state index in [4.69, 9.17) is 5.11 Å². The van der Waals surface area contributed by atoms with E-state index in [9.17, 15) is 18.0 Å². The summed E-state index contributed by atoms with van der Waals surface area (Å²) in [5.41, 5.74) is -0.0772. The fraction of sp³-hybridized carbons (Fsp3) is 0.400. The number of aromatic nitrogens is 1. The average molecular weight is 248 g/mol. The average Bonchev–Trinajstić information content (AvgIpc) is 2.27. The van der Waals surface area contributed by atoms with Crippen LogP contribution in [-0.4, -0.2) is 47.0 Å². The molecule has 1 aromatic rings. The first-order chi connectivity index (χ1) is 8.04. The third kappa shape index (κ3) is 4.03. The first kappa shape index (κ1) is 13.4. The molecule has 0 aliphatic rings. The fourth-order valence-electron chi connectivity index (χ4n) is 1.28. The van der Waals surface area contributed by atoms with Crippen molar-refractivity contribution >= 4 is 5.91 Å². The topological polar surface area (TPSA) is 53.4 Å². The summed E-state index contributed by atoms with van der Waals surface area (Å²) < 4.78 is 37.2. The molecule has 0 saturated carbocycles. The number of aliphatic hydroxyl groups excluding tert-OH is 1. The molecule has 0 aliphatic carbocycles. The van der Waals surface area contributed by atoms with Crippen LogP contribution in [0.5, 0.6) is 0 Å². The monoisotopic (exact) mass is 248 g/mol. The van der Waals surface area contributed by atoms with E-state index in [-0.39, 0.29) is 12.1 Å². The molecule has 17 heavy (non-hydrogen) atoms. The Morgan fingerprint density at radius 1 is 1.53 bits per heavy atom. The number of alkyl halides is 2. The molecule has 0 radical (unpaired) electrons. The highest BCUT2D eigenvalue weighted by atomic mass is 19.3. The highest BCUT2D eigenvalue weighted by molar-refractivity contribution is 5.94. The molecule has 1 rings (SSSR count). The Hall–Kier alpha value is -1.63. The van der Waals surface area contributed by atoms with Crippen molar-refractivity contribution in [2.24, 2.45) is 0 Å². The molecule has 0 aliphatic heterocycles. The van der Waals surface area contributed by atoms with E-state index in [2.05, 4.69) is 4.98 Å². The Morgan fingerprint density at radius 2 is 2.24 bits per heavy atom. The molecule has 1 heterocycles. The molecule has 0 spiro atoms. The van der Waals surface area contributed by atoms with E-state index in [1.54, 1.807) is 0 Å². The highest BCUT2D eigenvalue weighted by Crippen LogP contribution is 2.07. The molecule has 0 saturated heterocycles. The van der Waals surface area contributed by atoms with Crippen LogP contribution in [0.1, 0.15) is 10.4 Å². The lowest BCUT2D eigenvalue weighted by Gasteiger charge is -2.21. The quantitative estimate of drug-likeness (QED) is 0.788. The molecule has 94 valence electrons. The Balaban J connectivity index is 2.83. The number of amides is 1. The maximum Gasteiger partial charge on any atom is 0.255 e. The number of carbonyl (C=O) groups excluding carboxylic acids is 1. The van der Waals surface area contributed by atoms with E-state index in [0.717, 1.165) is 17.2 Å². The lowest BCUT2D eigenvalue weighted by Crippen LogP contribution is -2.37. The number of carbonyl (C=O) groups is 1. The molecule has 0 unspecified atom stereocenters. The van der Waals surface area contributed by atoms with Gasteiger partial charge in [-0.05, 0) is 6.07 Å². The van der Waals surface area contributed by atoms with Crippen molar-refractivity contribution < 1.29 is 23.1 Å². The first-order valence-electron chi connectivity index (χ1n) is 4.84. The van der Waals surface area contributed by atoms with E-state index in [0.29, 0.717) is 0 Å². The van der Waals surface area contributed by atoms with Crippen molar-refractivity contribution in [1.82, 2.24) is 9.88 Å². The van der Waals surface area contributed by atoms with Crippen LogP contribution >= 0.6 is 0 Å². The van der Waals surface area contributed by atoms with E-state index in [1.807, 2.05) is 0 Å². The van der Waals surface area contributed by atoms with Gasteiger partial charge in [-0.1, -0.05) is 0 Å². The molecule has 0 bridgehead atoms. The summed E-state index contributed by atoms with van der Waals surface area (Å²) in [4.78, 5) is 15.7. The zero-order valence-corrected chi connectivity index (χ0v) is 8.81. The molecule has 0 aromatic carbocycles. The van der Waals surface area contributed by atoms with Crippen LogP contribution in [0.4, 0.5) is 13.2 Å². The van der Waals surface area contributed by atoms with Crippen LogP contribution in [-0.2, 0) is 0 Å². The van der Waals surface area contributed by atoms with Gasteiger partial charge in [0.25, 0.3) is 12.3 Å². The summed E-state index contributed by atoms with van der Waals surface area (Å²) >= 11 is 0. The minimum absolute atomic E-state index is 0.0772. The zero-order valence-electron chi connectivity index (χ0n) is 8.81. The van der Waals surface area contributed by atoms with Crippen LogP contribution < -0.4 is 0 Å². The summed E-state index contributed by atoms with van der Waals surface area (Å²) in [5.74, 6) is -1.63. The number of nitrogens with zero attached hydrogens (tertiary/aromatic N) is 2. The second kappa shape index (κ2) is 6.19. The van der Waals surface area contributed by atoms with Gasteiger partial charge >= 0.3 is 0 Å². The Bertz CT molecular complexity index is 388. The molecule has 4 nitrogen and oxygen atoms in total. The van der Waals surface area contributed by atoms with Crippen molar-refractivity contribution in [3.8, 4) is 0 Å². The highest BCUT2D eigenvalue weighted by Gasteiger charge is 2.19. The fourth-order valence-corrected chi connectivity index (χ4v) is 1.28. The number of hydrogen-bond acceptors (Lipinski definition) is 3. The normalized spacial score (nSPS) is 10.6. The van der Waals surface area contributed by atoms with Gasteiger partial charge in [-0.3, -0.25) is 4.79 Å². The zero-order chi connectivity index (χ0) is 12.8. The third-order valence-electron chi connectivity index (χ3n) is 1.99. The Kier molecular flexibility index (Phi) is 4.89. The standard InChI is InChI=1S/C10H11F3N2O2/c11-8(12)6-15(3-4-16)10(17)7-1-2-14-9(13)5-7/h1-2,5,8,16H,3-4,6H2. The summed E-state index contributed by atoms with van der Waals surface area (Å²) in [5, 5.41) is 8.67. The summed E-state index contributed by atoms with van der Waals surface area (Å²) in [6, 6.07) is 2.08. The Labute approximate surface area is 95.7 Å². The number of hydrogen-bond donors (Lipinski definition) is 1. The maximum atomic E-state index is 12.8. The molecule has 0 atom stereocenters. The van der Waals surface area contributed by atoms with Crippen molar-refractivity contribution in [2.45, 2.75) is 6.43 Å². The number of rotatable bonds is 5.